The molecule has 9 heteroatoms. The van der Waals surface area contributed by atoms with Gasteiger partial charge in [0.15, 0.2) is 0 Å². The number of phenols is 1. The standard InChI is InChI=1S/C20H22F3N3O3/c1-14(19(28)24-15-2-8-18(9-3-15)29-20(21,22)23)25-10-12-26(13-11-25)16-4-6-17(27)7-5-16/h2-9,14,27H,10-13H2,1H3,(H,24,28). The molecule has 1 amide bonds. The van der Waals surface area contributed by atoms with Crippen LogP contribution in [0.5, 0.6) is 11.5 Å². The summed E-state index contributed by atoms with van der Waals surface area (Å²) in [5.41, 5.74) is 1.42. The molecule has 3 rings (SSSR count). The lowest BCUT2D eigenvalue weighted by molar-refractivity contribution is -0.274. The van der Waals surface area contributed by atoms with Crippen molar-refractivity contribution in [2.24, 2.45) is 0 Å². The lowest BCUT2D eigenvalue weighted by atomic mass is 10.2. The number of piperazine rings is 1. The molecule has 6 nitrogen and oxygen atoms in total. The Bertz CT molecular complexity index is 818. The summed E-state index contributed by atoms with van der Waals surface area (Å²) >= 11 is 0. The Morgan fingerprint density at radius 2 is 1.62 bits per heavy atom. The first-order valence-corrected chi connectivity index (χ1v) is 9.16. The number of hydrogen-bond donors (Lipinski definition) is 2. The van der Waals surface area contributed by atoms with Gasteiger partial charge in [-0.05, 0) is 55.5 Å². The highest BCUT2D eigenvalue weighted by Crippen LogP contribution is 2.24. The monoisotopic (exact) mass is 409 g/mol. The SMILES string of the molecule is CC(C(=O)Nc1ccc(OC(F)(F)F)cc1)N1CCN(c2ccc(O)cc2)CC1. The molecular formula is C20H22F3N3O3. The fourth-order valence-electron chi connectivity index (χ4n) is 3.18. The van der Waals surface area contributed by atoms with E-state index in [0.717, 1.165) is 30.9 Å². The molecule has 1 fully saturated rings. The Labute approximate surface area is 166 Å². The Kier molecular flexibility index (Phi) is 6.17. The number of ether oxygens (including phenoxy) is 1. The maximum atomic E-state index is 12.5. The zero-order chi connectivity index (χ0) is 21.0. The molecule has 2 aromatic rings. The minimum Gasteiger partial charge on any atom is -0.508 e. The van der Waals surface area contributed by atoms with Gasteiger partial charge in [-0.15, -0.1) is 13.2 Å². The van der Waals surface area contributed by atoms with Crippen molar-refractivity contribution >= 4 is 17.3 Å². The number of aromatic hydroxyl groups is 1. The maximum Gasteiger partial charge on any atom is 0.573 e. The molecule has 0 aromatic heterocycles. The molecule has 0 saturated carbocycles. The van der Waals surface area contributed by atoms with Crippen molar-refractivity contribution in [3.63, 3.8) is 0 Å². The fourth-order valence-corrected chi connectivity index (χ4v) is 3.18. The predicted molar refractivity (Wildman–Crippen MR) is 103 cm³/mol. The van der Waals surface area contributed by atoms with Gasteiger partial charge in [0.05, 0.1) is 6.04 Å². The summed E-state index contributed by atoms with van der Waals surface area (Å²) in [4.78, 5) is 16.7. The van der Waals surface area contributed by atoms with Crippen LogP contribution >= 0.6 is 0 Å². The van der Waals surface area contributed by atoms with E-state index < -0.39 is 6.36 Å². The van der Waals surface area contributed by atoms with Gasteiger partial charge in [-0.1, -0.05) is 0 Å². The molecule has 0 spiro atoms. The third-order valence-electron chi connectivity index (χ3n) is 4.81. The van der Waals surface area contributed by atoms with Crippen LogP contribution in [0.25, 0.3) is 0 Å². The summed E-state index contributed by atoms with van der Waals surface area (Å²) in [6.45, 7) is 4.66. The van der Waals surface area contributed by atoms with Crippen LogP contribution in [0, 0.1) is 0 Å². The van der Waals surface area contributed by atoms with Gasteiger partial charge in [0, 0.05) is 37.6 Å². The van der Waals surface area contributed by atoms with E-state index in [1.165, 1.54) is 12.1 Å². The van der Waals surface area contributed by atoms with Gasteiger partial charge in [0.25, 0.3) is 0 Å². The topological polar surface area (TPSA) is 65.0 Å². The number of carbonyl (C=O) groups excluding carboxylic acids is 1. The molecular weight excluding hydrogens is 387 g/mol. The van der Waals surface area contributed by atoms with Crippen LogP contribution in [0.15, 0.2) is 48.5 Å². The lowest BCUT2D eigenvalue weighted by Crippen LogP contribution is -2.52. The van der Waals surface area contributed by atoms with Crippen molar-refractivity contribution in [3.8, 4) is 11.5 Å². The number of rotatable bonds is 5. The highest BCUT2D eigenvalue weighted by Gasteiger charge is 2.31. The van der Waals surface area contributed by atoms with E-state index in [2.05, 4.69) is 15.0 Å². The molecule has 0 aliphatic carbocycles. The van der Waals surface area contributed by atoms with E-state index >= 15 is 0 Å². The molecule has 1 saturated heterocycles. The van der Waals surface area contributed by atoms with Crippen LogP contribution in [0.2, 0.25) is 0 Å². The summed E-state index contributed by atoms with van der Waals surface area (Å²) < 4.78 is 40.4. The molecule has 1 unspecified atom stereocenters. The molecule has 1 aliphatic heterocycles. The predicted octanol–water partition coefficient (Wildman–Crippen LogP) is 3.44. The Morgan fingerprint density at radius 3 is 2.17 bits per heavy atom. The number of anilines is 2. The zero-order valence-corrected chi connectivity index (χ0v) is 15.8. The third-order valence-corrected chi connectivity index (χ3v) is 4.81. The van der Waals surface area contributed by atoms with Crippen molar-refractivity contribution in [3.05, 3.63) is 48.5 Å². The van der Waals surface area contributed by atoms with Gasteiger partial charge in [-0.25, -0.2) is 0 Å². The van der Waals surface area contributed by atoms with Gasteiger partial charge in [0.1, 0.15) is 11.5 Å². The Balaban J connectivity index is 1.51. The van der Waals surface area contributed by atoms with Gasteiger partial charge < -0.3 is 20.1 Å². The van der Waals surface area contributed by atoms with Crippen LogP contribution in [0.4, 0.5) is 24.5 Å². The first-order valence-electron chi connectivity index (χ1n) is 9.16. The van der Waals surface area contributed by atoms with Gasteiger partial charge in [-0.2, -0.15) is 0 Å². The second kappa shape index (κ2) is 8.60. The molecule has 0 radical (unpaired) electrons. The summed E-state index contributed by atoms with van der Waals surface area (Å²) in [5.74, 6) is -0.350. The van der Waals surface area contributed by atoms with Gasteiger partial charge in [0.2, 0.25) is 5.91 Å². The quantitative estimate of drug-likeness (QED) is 0.792. The van der Waals surface area contributed by atoms with Crippen LogP contribution in [-0.4, -0.2) is 54.5 Å². The first kappa shape index (κ1) is 20.8. The Hall–Kier alpha value is -2.94. The van der Waals surface area contributed by atoms with Gasteiger partial charge in [-0.3, -0.25) is 9.69 Å². The third kappa shape index (κ3) is 5.77. The molecule has 2 aromatic carbocycles. The summed E-state index contributed by atoms with van der Waals surface area (Å²) in [6.07, 6.45) is -4.75. The largest absolute Gasteiger partial charge is 0.573 e. The molecule has 2 N–H and O–H groups in total. The average molecular weight is 409 g/mol. The van der Waals surface area contributed by atoms with Gasteiger partial charge >= 0.3 is 6.36 Å². The van der Waals surface area contributed by atoms with Crippen LogP contribution in [0.1, 0.15) is 6.92 Å². The minimum atomic E-state index is -4.75. The summed E-state index contributed by atoms with van der Waals surface area (Å²) in [5, 5.41) is 12.1. The molecule has 1 heterocycles. The highest BCUT2D eigenvalue weighted by atomic mass is 19.4. The van der Waals surface area contributed by atoms with Crippen molar-refractivity contribution < 1.29 is 27.8 Å². The van der Waals surface area contributed by atoms with E-state index in [0.29, 0.717) is 18.8 Å². The number of carbonyl (C=O) groups is 1. The number of amides is 1. The van der Waals surface area contributed by atoms with Crippen molar-refractivity contribution in [1.29, 1.82) is 0 Å². The zero-order valence-electron chi connectivity index (χ0n) is 15.8. The second-order valence-electron chi connectivity index (χ2n) is 6.78. The smallest absolute Gasteiger partial charge is 0.508 e. The summed E-state index contributed by atoms with van der Waals surface area (Å²) in [7, 11) is 0. The van der Waals surface area contributed by atoms with Crippen molar-refractivity contribution in [2.75, 3.05) is 36.4 Å². The van der Waals surface area contributed by atoms with E-state index in [1.807, 2.05) is 17.0 Å². The normalized spacial score (nSPS) is 16.3. The fraction of sp³-hybridized carbons (Fsp3) is 0.350. The van der Waals surface area contributed by atoms with E-state index in [1.54, 1.807) is 19.1 Å². The molecule has 0 bridgehead atoms. The number of nitrogens with one attached hydrogen (secondary N) is 1. The van der Waals surface area contributed by atoms with Crippen LogP contribution < -0.4 is 15.0 Å². The number of nitrogens with zero attached hydrogens (tertiary/aromatic N) is 2. The number of phenolic OH excluding ortho intramolecular Hbond substituents is 1. The first-order chi connectivity index (χ1) is 13.7. The van der Waals surface area contributed by atoms with Crippen LogP contribution in [-0.2, 0) is 4.79 Å². The molecule has 1 aliphatic rings. The maximum absolute atomic E-state index is 12.5. The number of benzene rings is 2. The minimum absolute atomic E-state index is 0.218. The average Bonchev–Trinajstić information content (AvgIpc) is 2.68. The lowest BCUT2D eigenvalue weighted by Gasteiger charge is -2.38. The van der Waals surface area contributed by atoms with Crippen molar-refractivity contribution in [2.45, 2.75) is 19.3 Å². The second-order valence-corrected chi connectivity index (χ2v) is 6.78. The van der Waals surface area contributed by atoms with Crippen LogP contribution in [0.3, 0.4) is 0 Å². The van der Waals surface area contributed by atoms with E-state index in [4.69, 9.17) is 0 Å². The highest BCUT2D eigenvalue weighted by molar-refractivity contribution is 5.94. The number of halogens is 3. The Morgan fingerprint density at radius 1 is 1.03 bits per heavy atom. The summed E-state index contributed by atoms with van der Waals surface area (Å²) in [6, 6.07) is 11.7. The molecule has 156 valence electrons. The molecule has 1 atom stereocenters. The molecule has 29 heavy (non-hydrogen) atoms. The van der Waals surface area contributed by atoms with Crippen molar-refractivity contribution in [1.82, 2.24) is 4.90 Å². The van der Waals surface area contributed by atoms with E-state index in [-0.39, 0.29) is 23.4 Å². The van der Waals surface area contributed by atoms with E-state index in [9.17, 15) is 23.1 Å². The number of hydrogen-bond acceptors (Lipinski definition) is 5. The number of alkyl halides is 3.